The van der Waals surface area contributed by atoms with Crippen LogP contribution >= 0.6 is 15.9 Å². The van der Waals surface area contributed by atoms with Crippen LogP contribution in [0.25, 0.3) is 0 Å². The Morgan fingerprint density at radius 3 is 2.89 bits per heavy atom. The van der Waals surface area contributed by atoms with Gasteiger partial charge in [0, 0.05) is 17.6 Å². The Labute approximate surface area is 118 Å². The first kappa shape index (κ1) is 13.7. The number of aromatic nitrogens is 2. The molecule has 1 aromatic carbocycles. The van der Waals surface area contributed by atoms with Gasteiger partial charge in [-0.1, -0.05) is 15.9 Å². The molecule has 0 unspecified atom stereocenters. The Morgan fingerprint density at radius 1 is 1.37 bits per heavy atom. The first-order chi connectivity index (χ1) is 9.08. The van der Waals surface area contributed by atoms with Crippen molar-refractivity contribution in [3.05, 3.63) is 40.4 Å². The molecule has 5 nitrogen and oxygen atoms in total. The molecule has 2 aromatic rings. The molecule has 0 aliphatic carbocycles. The molecule has 1 heterocycles. The number of nitrogens with two attached hydrogens (primary N) is 1. The van der Waals surface area contributed by atoms with Gasteiger partial charge in [0.05, 0.1) is 5.69 Å². The van der Waals surface area contributed by atoms with E-state index < -0.39 is 0 Å². The van der Waals surface area contributed by atoms with Gasteiger partial charge < -0.3 is 15.8 Å². The van der Waals surface area contributed by atoms with Crippen molar-refractivity contribution in [2.75, 3.05) is 18.2 Å². The Balaban J connectivity index is 2.29. The summed E-state index contributed by atoms with van der Waals surface area (Å²) in [7, 11) is 1.54. The van der Waals surface area contributed by atoms with Crippen molar-refractivity contribution in [2.45, 2.75) is 6.61 Å². The van der Waals surface area contributed by atoms with E-state index in [1.807, 2.05) is 0 Å². The predicted octanol–water partition coefficient (Wildman–Crippen LogP) is 2.85. The SMILES string of the molecule is COCc1nc(N)cc(Nc2cc(Br)ccc2F)n1. The minimum Gasteiger partial charge on any atom is -0.384 e. The predicted molar refractivity (Wildman–Crippen MR) is 74.5 cm³/mol. The maximum Gasteiger partial charge on any atom is 0.158 e. The second-order valence-electron chi connectivity index (χ2n) is 3.78. The number of ether oxygens (including phenoxy) is 1. The molecule has 100 valence electrons. The second-order valence-corrected chi connectivity index (χ2v) is 4.69. The Bertz CT molecular complexity index is 594. The van der Waals surface area contributed by atoms with Crippen LogP contribution in [-0.4, -0.2) is 17.1 Å². The average Bonchev–Trinajstić information content (AvgIpc) is 2.33. The van der Waals surface area contributed by atoms with E-state index in [-0.39, 0.29) is 12.4 Å². The molecule has 0 amide bonds. The van der Waals surface area contributed by atoms with Gasteiger partial charge in [0.25, 0.3) is 0 Å². The van der Waals surface area contributed by atoms with E-state index in [2.05, 4.69) is 31.2 Å². The van der Waals surface area contributed by atoms with Crippen LogP contribution in [0.15, 0.2) is 28.7 Å². The molecule has 0 saturated carbocycles. The van der Waals surface area contributed by atoms with Gasteiger partial charge in [-0.25, -0.2) is 14.4 Å². The van der Waals surface area contributed by atoms with Crippen molar-refractivity contribution in [3.63, 3.8) is 0 Å². The van der Waals surface area contributed by atoms with Gasteiger partial charge in [0.1, 0.15) is 24.1 Å². The lowest BCUT2D eigenvalue weighted by Gasteiger charge is -2.09. The fourth-order valence-corrected chi connectivity index (χ4v) is 1.87. The lowest BCUT2D eigenvalue weighted by atomic mass is 10.3. The van der Waals surface area contributed by atoms with Gasteiger partial charge in [-0.3, -0.25) is 0 Å². The quantitative estimate of drug-likeness (QED) is 0.903. The third kappa shape index (κ3) is 3.62. The summed E-state index contributed by atoms with van der Waals surface area (Å²) >= 11 is 3.28. The molecule has 3 N–H and O–H groups in total. The van der Waals surface area contributed by atoms with Crippen molar-refractivity contribution >= 4 is 33.3 Å². The largest absolute Gasteiger partial charge is 0.384 e. The highest BCUT2D eigenvalue weighted by Gasteiger charge is 2.07. The standard InChI is InChI=1S/C12H12BrFN4O/c1-19-6-12-17-10(15)5-11(18-12)16-9-4-7(13)2-3-8(9)14/h2-5H,6H2,1H3,(H3,15,16,17,18). The number of rotatable bonds is 4. The lowest BCUT2D eigenvalue weighted by molar-refractivity contribution is 0.178. The monoisotopic (exact) mass is 326 g/mol. The van der Waals surface area contributed by atoms with Crippen LogP contribution in [0.5, 0.6) is 0 Å². The number of hydrogen-bond donors (Lipinski definition) is 2. The van der Waals surface area contributed by atoms with E-state index in [9.17, 15) is 4.39 Å². The molecule has 1 aromatic heterocycles. The highest BCUT2D eigenvalue weighted by molar-refractivity contribution is 9.10. The van der Waals surface area contributed by atoms with E-state index in [1.54, 1.807) is 12.1 Å². The van der Waals surface area contributed by atoms with Crippen LogP contribution in [0.3, 0.4) is 0 Å². The number of nitrogen functional groups attached to an aromatic ring is 1. The maximum atomic E-state index is 13.6. The zero-order valence-corrected chi connectivity index (χ0v) is 11.7. The summed E-state index contributed by atoms with van der Waals surface area (Å²) in [6.07, 6.45) is 0. The molecule has 0 aliphatic rings. The zero-order valence-electron chi connectivity index (χ0n) is 10.2. The molecule has 7 heteroatoms. The summed E-state index contributed by atoms with van der Waals surface area (Å²) in [5.74, 6) is 0.755. The van der Waals surface area contributed by atoms with Crippen molar-refractivity contribution < 1.29 is 9.13 Å². The number of anilines is 3. The van der Waals surface area contributed by atoms with Crippen LogP contribution in [-0.2, 0) is 11.3 Å². The Morgan fingerprint density at radius 2 is 2.16 bits per heavy atom. The topological polar surface area (TPSA) is 73.1 Å². The third-order valence-electron chi connectivity index (χ3n) is 2.26. The average molecular weight is 327 g/mol. The molecular formula is C12H12BrFN4O. The van der Waals surface area contributed by atoms with Gasteiger partial charge in [0.15, 0.2) is 5.82 Å². The third-order valence-corrected chi connectivity index (χ3v) is 2.75. The van der Waals surface area contributed by atoms with Crippen molar-refractivity contribution in [2.24, 2.45) is 0 Å². The minimum absolute atomic E-state index is 0.237. The summed E-state index contributed by atoms with van der Waals surface area (Å²) in [6, 6.07) is 6.11. The molecule has 0 radical (unpaired) electrons. The van der Waals surface area contributed by atoms with Gasteiger partial charge in [-0.2, -0.15) is 0 Å². The molecule has 0 atom stereocenters. The van der Waals surface area contributed by atoms with Crippen LogP contribution in [0, 0.1) is 5.82 Å². The summed E-state index contributed by atoms with van der Waals surface area (Å²) in [5.41, 5.74) is 5.96. The van der Waals surface area contributed by atoms with E-state index in [1.165, 1.54) is 19.2 Å². The van der Waals surface area contributed by atoms with Crippen LogP contribution in [0.4, 0.5) is 21.7 Å². The number of methoxy groups -OCH3 is 1. The molecule has 0 bridgehead atoms. The number of nitrogens with one attached hydrogen (secondary N) is 1. The number of halogens is 2. The zero-order chi connectivity index (χ0) is 13.8. The van der Waals surface area contributed by atoms with E-state index >= 15 is 0 Å². The summed E-state index contributed by atoms with van der Waals surface area (Å²) in [6.45, 7) is 0.237. The van der Waals surface area contributed by atoms with Crippen molar-refractivity contribution in [1.29, 1.82) is 0 Å². The highest BCUT2D eigenvalue weighted by atomic mass is 79.9. The molecule has 0 spiro atoms. The summed E-state index contributed by atoms with van der Waals surface area (Å²) in [5, 5.41) is 2.86. The Hall–Kier alpha value is -1.73. The molecule has 2 rings (SSSR count). The molecular weight excluding hydrogens is 315 g/mol. The smallest absolute Gasteiger partial charge is 0.158 e. The van der Waals surface area contributed by atoms with Gasteiger partial charge in [0.2, 0.25) is 0 Å². The van der Waals surface area contributed by atoms with Gasteiger partial charge in [-0.15, -0.1) is 0 Å². The van der Waals surface area contributed by atoms with Crippen molar-refractivity contribution in [1.82, 2.24) is 9.97 Å². The molecule has 19 heavy (non-hydrogen) atoms. The number of nitrogens with zero attached hydrogens (tertiary/aromatic N) is 2. The fraction of sp³-hybridized carbons (Fsp3) is 0.167. The molecule has 0 aliphatic heterocycles. The maximum absolute atomic E-state index is 13.6. The van der Waals surface area contributed by atoms with Crippen LogP contribution < -0.4 is 11.1 Å². The summed E-state index contributed by atoms with van der Waals surface area (Å²) in [4.78, 5) is 8.18. The van der Waals surface area contributed by atoms with E-state index in [4.69, 9.17) is 10.5 Å². The van der Waals surface area contributed by atoms with Gasteiger partial charge >= 0.3 is 0 Å². The van der Waals surface area contributed by atoms with Gasteiger partial charge in [-0.05, 0) is 18.2 Å². The van der Waals surface area contributed by atoms with Crippen molar-refractivity contribution in [3.8, 4) is 0 Å². The highest BCUT2D eigenvalue weighted by Crippen LogP contribution is 2.23. The summed E-state index contributed by atoms with van der Waals surface area (Å²) < 4.78 is 19.3. The number of hydrogen-bond acceptors (Lipinski definition) is 5. The first-order valence-electron chi connectivity index (χ1n) is 5.43. The van der Waals surface area contributed by atoms with Crippen LogP contribution in [0.2, 0.25) is 0 Å². The molecule has 0 saturated heterocycles. The number of benzene rings is 1. The first-order valence-corrected chi connectivity index (χ1v) is 6.22. The minimum atomic E-state index is -0.381. The lowest BCUT2D eigenvalue weighted by Crippen LogP contribution is -2.05. The normalized spacial score (nSPS) is 10.5. The second kappa shape index (κ2) is 5.94. The fourth-order valence-electron chi connectivity index (χ4n) is 1.51. The van der Waals surface area contributed by atoms with Crippen LogP contribution in [0.1, 0.15) is 5.82 Å². The Kier molecular flexibility index (Phi) is 4.28. The van der Waals surface area contributed by atoms with E-state index in [0.717, 1.165) is 4.47 Å². The van der Waals surface area contributed by atoms with E-state index in [0.29, 0.717) is 23.1 Å². The molecule has 0 fully saturated rings.